The standard InChI is InChI=1S/C22H21NO3/c1-2-15-26-20-11-8-17(9-12-20)10-13-21(24)18-5-3-6-19(16-18)23-14-4-7-22(23)25/h2-3,5-6,8-13,16H,1,4,7,14-15H2/b13-10+. The van der Waals surface area contributed by atoms with Gasteiger partial charge in [0.15, 0.2) is 5.78 Å². The minimum atomic E-state index is -0.0921. The summed E-state index contributed by atoms with van der Waals surface area (Å²) in [4.78, 5) is 26.1. The highest BCUT2D eigenvalue weighted by Gasteiger charge is 2.21. The van der Waals surface area contributed by atoms with E-state index in [2.05, 4.69) is 6.58 Å². The molecule has 4 heteroatoms. The van der Waals surface area contributed by atoms with Crippen LogP contribution in [-0.4, -0.2) is 24.8 Å². The van der Waals surface area contributed by atoms with Crippen molar-refractivity contribution in [2.75, 3.05) is 18.1 Å². The lowest BCUT2D eigenvalue weighted by Crippen LogP contribution is -2.23. The van der Waals surface area contributed by atoms with Crippen LogP contribution in [0.15, 0.2) is 67.3 Å². The van der Waals surface area contributed by atoms with Crippen LogP contribution in [0.1, 0.15) is 28.8 Å². The van der Waals surface area contributed by atoms with Crippen molar-refractivity contribution in [3.63, 3.8) is 0 Å². The summed E-state index contributed by atoms with van der Waals surface area (Å²) in [6, 6.07) is 14.7. The quantitative estimate of drug-likeness (QED) is 0.427. The summed E-state index contributed by atoms with van der Waals surface area (Å²) >= 11 is 0. The summed E-state index contributed by atoms with van der Waals surface area (Å²) in [6.07, 6.45) is 6.45. The second-order valence-corrected chi connectivity index (χ2v) is 6.07. The first-order valence-corrected chi connectivity index (χ1v) is 8.64. The van der Waals surface area contributed by atoms with E-state index in [4.69, 9.17) is 4.74 Å². The van der Waals surface area contributed by atoms with E-state index >= 15 is 0 Å². The Morgan fingerprint density at radius 3 is 2.69 bits per heavy atom. The zero-order valence-corrected chi connectivity index (χ0v) is 14.6. The van der Waals surface area contributed by atoms with E-state index in [-0.39, 0.29) is 11.7 Å². The summed E-state index contributed by atoms with van der Waals surface area (Å²) in [5.74, 6) is 0.783. The van der Waals surface area contributed by atoms with Gasteiger partial charge in [0.25, 0.3) is 0 Å². The van der Waals surface area contributed by atoms with Crippen molar-refractivity contribution in [2.45, 2.75) is 12.8 Å². The Morgan fingerprint density at radius 2 is 2.00 bits per heavy atom. The van der Waals surface area contributed by atoms with Crippen molar-refractivity contribution in [1.82, 2.24) is 0 Å². The number of anilines is 1. The smallest absolute Gasteiger partial charge is 0.227 e. The Balaban J connectivity index is 1.68. The van der Waals surface area contributed by atoms with E-state index in [1.54, 1.807) is 35.3 Å². The molecule has 1 aliphatic rings. The number of hydrogen-bond donors (Lipinski definition) is 0. The Bertz CT molecular complexity index is 837. The molecule has 0 N–H and O–H groups in total. The molecule has 0 unspecified atom stereocenters. The molecule has 0 aromatic heterocycles. The lowest BCUT2D eigenvalue weighted by Gasteiger charge is -2.16. The number of ether oxygens (including phenoxy) is 1. The van der Waals surface area contributed by atoms with Crippen LogP contribution < -0.4 is 9.64 Å². The van der Waals surface area contributed by atoms with E-state index in [1.807, 2.05) is 36.4 Å². The predicted molar refractivity (Wildman–Crippen MR) is 104 cm³/mol. The Labute approximate surface area is 153 Å². The summed E-state index contributed by atoms with van der Waals surface area (Å²) in [7, 11) is 0. The Kier molecular flexibility index (Phi) is 5.64. The SMILES string of the molecule is C=CCOc1ccc(/C=C/C(=O)c2cccc(N3CCCC3=O)c2)cc1. The number of nitrogens with zero attached hydrogens (tertiary/aromatic N) is 1. The summed E-state index contributed by atoms with van der Waals surface area (Å²) in [5.41, 5.74) is 2.27. The highest BCUT2D eigenvalue weighted by molar-refractivity contribution is 6.08. The van der Waals surface area contributed by atoms with Gasteiger partial charge in [-0.3, -0.25) is 9.59 Å². The van der Waals surface area contributed by atoms with Gasteiger partial charge in [-0.05, 0) is 42.3 Å². The highest BCUT2D eigenvalue weighted by Crippen LogP contribution is 2.22. The van der Waals surface area contributed by atoms with Crippen LogP contribution in [0.3, 0.4) is 0 Å². The predicted octanol–water partition coefficient (Wildman–Crippen LogP) is 4.27. The van der Waals surface area contributed by atoms with Gasteiger partial charge in [-0.15, -0.1) is 0 Å². The number of allylic oxidation sites excluding steroid dienone is 1. The van der Waals surface area contributed by atoms with Crippen LogP contribution in [0.4, 0.5) is 5.69 Å². The molecule has 0 aliphatic carbocycles. The van der Waals surface area contributed by atoms with Gasteiger partial charge in [-0.25, -0.2) is 0 Å². The molecule has 0 bridgehead atoms. The monoisotopic (exact) mass is 347 g/mol. The van der Waals surface area contributed by atoms with Crippen molar-refractivity contribution in [3.8, 4) is 5.75 Å². The molecule has 2 aromatic rings. The molecule has 1 heterocycles. The number of hydrogen-bond acceptors (Lipinski definition) is 3. The van der Waals surface area contributed by atoms with E-state index in [0.29, 0.717) is 25.1 Å². The molecule has 1 amide bonds. The van der Waals surface area contributed by atoms with Crippen LogP contribution in [0, 0.1) is 0 Å². The van der Waals surface area contributed by atoms with E-state index in [0.717, 1.165) is 23.4 Å². The molecule has 1 aliphatic heterocycles. The molecule has 1 saturated heterocycles. The van der Waals surface area contributed by atoms with Crippen molar-refractivity contribution in [3.05, 3.63) is 78.4 Å². The van der Waals surface area contributed by atoms with Crippen molar-refractivity contribution in [2.24, 2.45) is 0 Å². The molecule has 0 spiro atoms. The van der Waals surface area contributed by atoms with Crippen LogP contribution in [-0.2, 0) is 4.79 Å². The summed E-state index contributed by atoms with van der Waals surface area (Å²) in [5, 5.41) is 0. The number of ketones is 1. The van der Waals surface area contributed by atoms with Gasteiger partial charge in [-0.1, -0.05) is 43.0 Å². The maximum absolute atomic E-state index is 12.4. The highest BCUT2D eigenvalue weighted by atomic mass is 16.5. The number of rotatable bonds is 7. The minimum Gasteiger partial charge on any atom is -0.490 e. The lowest BCUT2D eigenvalue weighted by atomic mass is 10.1. The number of carbonyl (C=O) groups excluding carboxylic acids is 2. The molecule has 0 atom stereocenters. The fraction of sp³-hybridized carbons (Fsp3) is 0.182. The molecule has 4 nitrogen and oxygen atoms in total. The van der Waals surface area contributed by atoms with Crippen molar-refractivity contribution in [1.29, 1.82) is 0 Å². The van der Waals surface area contributed by atoms with E-state index in [1.165, 1.54) is 0 Å². The average Bonchev–Trinajstić information content (AvgIpc) is 3.11. The summed E-state index contributed by atoms with van der Waals surface area (Å²) < 4.78 is 5.43. The fourth-order valence-electron chi connectivity index (χ4n) is 2.85. The van der Waals surface area contributed by atoms with Crippen LogP contribution in [0.25, 0.3) is 6.08 Å². The average molecular weight is 347 g/mol. The third-order valence-corrected chi connectivity index (χ3v) is 4.19. The number of benzene rings is 2. The van der Waals surface area contributed by atoms with E-state index < -0.39 is 0 Å². The molecule has 26 heavy (non-hydrogen) atoms. The number of carbonyl (C=O) groups is 2. The molecule has 1 fully saturated rings. The third-order valence-electron chi connectivity index (χ3n) is 4.19. The maximum Gasteiger partial charge on any atom is 0.227 e. The molecule has 0 saturated carbocycles. The first-order chi connectivity index (χ1) is 12.7. The fourth-order valence-corrected chi connectivity index (χ4v) is 2.85. The molecular formula is C22H21NO3. The van der Waals surface area contributed by atoms with Gasteiger partial charge in [0.2, 0.25) is 5.91 Å². The maximum atomic E-state index is 12.4. The number of amides is 1. The lowest BCUT2D eigenvalue weighted by molar-refractivity contribution is -0.117. The first kappa shape index (κ1) is 17.7. The van der Waals surface area contributed by atoms with Crippen LogP contribution >= 0.6 is 0 Å². The Morgan fingerprint density at radius 1 is 1.19 bits per heavy atom. The second kappa shape index (κ2) is 8.30. The normalized spacial score (nSPS) is 14.0. The van der Waals surface area contributed by atoms with Gasteiger partial charge in [-0.2, -0.15) is 0 Å². The molecule has 3 rings (SSSR count). The molecule has 0 radical (unpaired) electrons. The minimum absolute atomic E-state index is 0.0921. The molecular weight excluding hydrogens is 326 g/mol. The van der Waals surface area contributed by atoms with Gasteiger partial charge < -0.3 is 9.64 Å². The van der Waals surface area contributed by atoms with Gasteiger partial charge in [0.05, 0.1) is 0 Å². The van der Waals surface area contributed by atoms with Crippen LogP contribution in [0.5, 0.6) is 5.75 Å². The molecule has 132 valence electrons. The third kappa shape index (κ3) is 4.28. The topological polar surface area (TPSA) is 46.6 Å². The first-order valence-electron chi connectivity index (χ1n) is 8.64. The van der Waals surface area contributed by atoms with Gasteiger partial charge in [0, 0.05) is 24.2 Å². The van der Waals surface area contributed by atoms with Crippen LogP contribution in [0.2, 0.25) is 0 Å². The van der Waals surface area contributed by atoms with Gasteiger partial charge in [0.1, 0.15) is 12.4 Å². The van der Waals surface area contributed by atoms with Gasteiger partial charge >= 0.3 is 0 Å². The van der Waals surface area contributed by atoms with Crippen molar-refractivity contribution < 1.29 is 14.3 Å². The molecule has 2 aromatic carbocycles. The zero-order chi connectivity index (χ0) is 18.4. The largest absolute Gasteiger partial charge is 0.490 e. The second-order valence-electron chi connectivity index (χ2n) is 6.07. The Hall–Kier alpha value is -3.14. The van der Waals surface area contributed by atoms with Crippen molar-refractivity contribution >= 4 is 23.5 Å². The van der Waals surface area contributed by atoms with E-state index in [9.17, 15) is 9.59 Å². The zero-order valence-electron chi connectivity index (χ0n) is 14.6. The summed E-state index contributed by atoms with van der Waals surface area (Å²) in [6.45, 7) is 4.79.